The predicted molar refractivity (Wildman–Crippen MR) is 71.9 cm³/mol. The van der Waals surface area contributed by atoms with Crippen LogP contribution in [0.4, 0.5) is 0 Å². The number of carbonyl (C=O) groups excluding carboxylic acids is 1. The molecule has 1 aromatic rings. The largest absolute Gasteiger partial charge is 0.394 e. The molecule has 1 aromatic heterocycles. The number of hydrogen-bond acceptors (Lipinski definition) is 4. The molecule has 5 heteroatoms. The van der Waals surface area contributed by atoms with E-state index in [4.69, 9.17) is 5.11 Å². The van der Waals surface area contributed by atoms with Gasteiger partial charge in [-0.05, 0) is 25.8 Å². The fraction of sp³-hybridized carbons (Fsp3) is 0.643. The van der Waals surface area contributed by atoms with Crippen LogP contribution in [0.25, 0.3) is 0 Å². The molecule has 1 aliphatic rings. The maximum Gasteiger partial charge on any atom is 0.272 e. The van der Waals surface area contributed by atoms with Crippen molar-refractivity contribution in [1.29, 1.82) is 0 Å². The number of aliphatic hydroxyl groups excluding tert-OH is 1. The minimum Gasteiger partial charge on any atom is -0.394 e. The van der Waals surface area contributed by atoms with E-state index in [1.807, 2.05) is 0 Å². The Bertz CT molecular complexity index is 444. The van der Waals surface area contributed by atoms with Crippen LogP contribution in [0.1, 0.15) is 54.8 Å². The van der Waals surface area contributed by atoms with Crippen LogP contribution >= 0.6 is 0 Å². The molecule has 2 rings (SSSR count). The van der Waals surface area contributed by atoms with Crippen LogP contribution < -0.4 is 0 Å². The van der Waals surface area contributed by atoms with E-state index in [0.717, 1.165) is 18.7 Å². The fourth-order valence-electron chi connectivity index (χ4n) is 2.38. The number of aromatic nitrogens is 2. The van der Waals surface area contributed by atoms with Gasteiger partial charge in [0.1, 0.15) is 11.5 Å². The van der Waals surface area contributed by atoms with E-state index in [1.165, 1.54) is 17.7 Å². The number of hydrogen-bond donors (Lipinski definition) is 1. The van der Waals surface area contributed by atoms with E-state index >= 15 is 0 Å². The minimum absolute atomic E-state index is 0.0528. The van der Waals surface area contributed by atoms with E-state index in [-0.39, 0.29) is 18.6 Å². The lowest BCUT2D eigenvalue weighted by Gasteiger charge is -2.22. The van der Waals surface area contributed by atoms with Gasteiger partial charge < -0.3 is 10.0 Å². The number of amides is 1. The predicted octanol–water partition coefficient (Wildman–Crippen LogP) is 1.59. The highest BCUT2D eigenvalue weighted by Gasteiger charge is 2.23. The number of aliphatic hydroxyl groups is 1. The van der Waals surface area contributed by atoms with Crippen molar-refractivity contribution in [2.24, 2.45) is 0 Å². The Morgan fingerprint density at radius 3 is 2.84 bits per heavy atom. The van der Waals surface area contributed by atoms with Gasteiger partial charge in [-0.1, -0.05) is 12.8 Å². The number of rotatable bonds is 4. The van der Waals surface area contributed by atoms with Crippen molar-refractivity contribution in [2.75, 3.05) is 13.7 Å². The van der Waals surface area contributed by atoms with Gasteiger partial charge in [-0.2, -0.15) is 0 Å². The second-order valence-corrected chi connectivity index (χ2v) is 5.23. The van der Waals surface area contributed by atoms with E-state index < -0.39 is 0 Å². The minimum atomic E-state index is -0.211. The smallest absolute Gasteiger partial charge is 0.272 e. The van der Waals surface area contributed by atoms with Crippen LogP contribution in [0.2, 0.25) is 0 Å². The summed E-state index contributed by atoms with van der Waals surface area (Å²) < 4.78 is 0. The monoisotopic (exact) mass is 263 g/mol. The summed E-state index contributed by atoms with van der Waals surface area (Å²) >= 11 is 0. The van der Waals surface area contributed by atoms with E-state index in [9.17, 15) is 4.79 Å². The Balaban J connectivity index is 2.16. The molecule has 1 saturated carbocycles. The van der Waals surface area contributed by atoms with Crippen molar-refractivity contribution in [3.05, 3.63) is 23.8 Å². The Labute approximate surface area is 113 Å². The van der Waals surface area contributed by atoms with E-state index in [2.05, 4.69) is 9.97 Å². The van der Waals surface area contributed by atoms with Gasteiger partial charge in [0, 0.05) is 19.2 Å². The Kier molecular flexibility index (Phi) is 4.47. The molecule has 1 aliphatic carbocycles. The van der Waals surface area contributed by atoms with Crippen molar-refractivity contribution in [3.8, 4) is 0 Å². The molecule has 1 N–H and O–H groups in total. The van der Waals surface area contributed by atoms with Crippen LogP contribution in [-0.4, -0.2) is 45.6 Å². The molecule has 0 saturated heterocycles. The molecule has 1 fully saturated rings. The number of carbonyl (C=O) groups is 1. The highest BCUT2D eigenvalue weighted by Crippen LogP contribution is 2.31. The van der Waals surface area contributed by atoms with Crippen LogP contribution in [0.15, 0.2) is 12.3 Å². The Morgan fingerprint density at radius 1 is 1.53 bits per heavy atom. The van der Waals surface area contributed by atoms with Gasteiger partial charge in [0.25, 0.3) is 5.91 Å². The van der Waals surface area contributed by atoms with Gasteiger partial charge in [-0.25, -0.2) is 9.97 Å². The molecule has 0 bridgehead atoms. The molecule has 1 unspecified atom stereocenters. The average Bonchev–Trinajstić information content (AvgIpc) is 2.99. The lowest BCUT2D eigenvalue weighted by Crippen LogP contribution is -2.37. The Morgan fingerprint density at radius 2 is 2.21 bits per heavy atom. The summed E-state index contributed by atoms with van der Waals surface area (Å²) in [5.41, 5.74) is 0.416. The molecule has 1 heterocycles. The first-order valence-electron chi connectivity index (χ1n) is 6.84. The van der Waals surface area contributed by atoms with Gasteiger partial charge in [0.2, 0.25) is 0 Å². The molecular formula is C14H21N3O2. The summed E-state index contributed by atoms with van der Waals surface area (Å²) in [6.45, 7) is 1.75. The van der Waals surface area contributed by atoms with Crippen LogP contribution in [-0.2, 0) is 0 Å². The van der Waals surface area contributed by atoms with Crippen molar-refractivity contribution in [3.63, 3.8) is 0 Å². The zero-order valence-electron chi connectivity index (χ0n) is 11.5. The second-order valence-electron chi connectivity index (χ2n) is 5.23. The SMILES string of the molecule is CC(CO)N(C)C(=O)c1ccnc(C2CCCC2)n1. The number of likely N-dealkylation sites (N-methyl/N-ethyl adjacent to an activating group) is 1. The third-order valence-electron chi connectivity index (χ3n) is 3.86. The maximum absolute atomic E-state index is 12.2. The van der Waals surface area contributed by atoms with Crippen molar-refractivity contribution in [2.45, 2.75) is 44.6 Å². The van der Waals surface area contributed by atoms with E-state index in [0.29, 0.717) is 11.6 Å². The Hall–Kier alpha value is -1.49. The van der Waals surface area contributed by atoms with Gasteiger partial charge >= 0.3 is 0 Å². The molecule has 104 valence electrons. The molecule has 0 radical (unpaired) electrons. The van der Waals surface area contributed by atoms with Crippen molar-refractivity contribution in [1.82, 2.24) is 14.9 Å². The van der Waals surface area contributed by atoms with Crippen molar-refractivity contribution >= 4 is 5.91 Å². The van der Waals surface area contributed by atoms with Gasteiger partial charge in [0.15, 0.2) is 0 Å². The zero-order valence-corrected chi connectivity index (χ0v) is 11.5. The summed E-state index contributed by atoms with van der Waals surface area (Å²) in [7, 11) is 1.68. The first kappa shape index (κ1) is 13.9. The molecule has 1 atom stereocenters. The van der Waals surface area contributed by atoms with E-state index in [1.54, 1.807) is 26.2 Å². The molecule has 1 amide bonds. The summed E-state index contributed by atoms with van der Waals surface area (Å²) in [5, 5.41) is 9.10. The zero-order chi connectivity index (χ0) is 13.8. The van der Waals surface area contributed by atoms with Crippen molar-refractivity contribution < 1.29 is 9.90 Å². The second kappa shape index (κ2) is 6.10. The summed E-state index contributed by atoms with van der Waals surface area (Å²) in [6.07, 6.45) is 6.31. The lowest BCUT2D eigenvalue weighted by atomic mass is 10.1. The summed E-state index contributed by atoms with van der Waals surface area (Å²) in [6, 6.07) is 1.43. The van der Waals surface area contributed by atoms with Crippen LogP contribution in [0.3, 0.4) is 0 Å². The van der Waals surface area contributed by atoms with Gasteiger partial charge in [-0.15, -0.1) is 0 Å². The molecule has 5 nitrogen and oxygen atoms in total. The van der Waals surface area contributed by atoms with Gasteiger partial charge in [-0.3, -0.25) is 4.79 Å². The summed E-state index contributed by atoms with van der Waals surface area (Å²) in [4.78, 5) is 22.5. The summed E-state index contributed by atoms with van der Waals surface area (Å²) in [5.74, 6) is 1.02. The third-order valence-corrected chi connectivity index (χ3v) is 3.86. The molecule has 0 aromatic carbocycles. The lowest BCUT2D eigenvalue weighted by molar-refractivity contribution is 0.0675. The van der Waals surface area contributed by atoms with Crippen LogP contribution in [0, 0.1) is 0 Å². The maximum atomic E-state index is 12.2. The highest BCUT2D eigenvalue weighted by molar-refractivity contribution is 5.92. The standard InChI is InChI=1S/C14H21N3O2/c1-10(9-18)17(2)14(19)12-7-8-15-13(16-12)11-5-3-4-6-11/h7-8,10-11,18H,3-6,9H2,1-2H3. The molecular weight excluding hydrogens is 242 g/mol. The first-order valence-corrected chi connectivity index (χ1v) is 6.84. The first-order chi connectivity index (χ1) is 9.13. The molecule has 0 spiro atoms. The fourth-order valence-corrected chi connectivity index (χ4v) is 2.38. The highest BCUT2D eigenvalue weighted by atomic mass is 16.3. The number of nitrogens with zero attached hydrogens (tertiary/aromatic N) is 3. The topological polar surface area (TPSA) is 66.3 Å². The normalized spacial score (nSPS) is 17.4. The van der Waals surface area contributed by atoms with Crippen LogP contribution in [0.5, 0.6) is 0 Å². The average molecular weight is 263 g/mol. The molecule has 19 heavy (non-hydrogen) atoms. The van der Waals surface area contributed by atoms with Gasteiger partial charge in [0.05, 0.1) is 12.6 Å². The quantitative estimate of drug-likeness (QED) is 0.895. The third kappa shape index (κ3) is 3.10. The molecule has 0 aliphatic heterocycles.